The van der Waals surface area contributed by atoms with E-state index in [1.54, 1.807) is 18.3 Å². The zero-order valence-corrected chi connectivity index (χ0v) is 14.6. The van der Waals surface area contributed by atoms with Gasteiger partial charge in [-0.05, 0) is 36.2 Å². The van der Waals surface area contributed by atoms with Gasteiger partial charge in [0.1, 0.15) is 16.4 Å². The SMILES string of the molecule is CCc1cc(Oc2cccnc2)c(S(C)(=O)=O)cc1C(=O)N=C(N)N. The molecule has 4 N–H and O–H groups in total. The lowest BCUT2D eigenvalue weighted by Crippen LogP contribution is -2.24. The number of ether oxygens (including phenoxy) is 1. The summed E-state index contributed by atoms with van der Waals surface area (Å²) >= 11 is 0. The molecule has 2 aromatic rings. The lowest BCUT2D eigenvalue weighted by molar-refractivity contribution is 0.100. The Morgan fingerprint density at radius 2 is 2.04 bits per heavy atom. The van der Waals surface area contributed by atoms with Crippen molar-refractivity contribution in [3.05, 3.63) is 47.8 Å². The molecule has 1 heterocycles. The quantitative estimate of drug-likeness (QED) is 0.603. The zero-order valence-electron chi connectivity index (χ0n) is 13.8. The number of hydrogen-bond acceptors (Lipinski definition) is 5. The van der Waals surface area contributed by atoms with Crippen LogP contribution in [0, 0.1) is 0 Å². The smallest absolute Gasteiger partial charge is 0.280 e. The van der Waals surface area contributed by atoms with Gasteiger partial charge in [0, 0.05) is 18.0 Å². The number of aryl methyl sites for hydroxylation is 1. The van der Waals surface area contributed by atoms with E-state index in [0.29, 0.717) is 17.7 Å². The highest BCUT2D eigenvalue weighted by atomic mass is 32.2. The topological polar surface area (TPSA) is 138 Å². The Hall–Kier alpha value is -2.94. The van der Waals surface area contributed by atoms with E-state index in [4.69, 9.17) is 16.2 Å². The molecule has 132 valence electrons. The number of amides is 1. The first-order chi connectivity index (χ1) is 11.7. The maximum Gasteiger partial charge on any atom is 0.280 e. The van der Waals surface area contributed by atoms with Crippen molar-refractivity contribution in [3.63, 3.8) is 0 Å². The van der Waals surface area contributed by atoms with Gasteiger partial charge in [-0.2, -0.15) is 4.99 Å². The molecule has 0 radical (unpaired) electrons. The largest absolute Gasteiger partial charge is 0.454 e. The molecule has 1 amide bonds. The van der Waals surface area contributed by atoms with E-state index in [9.17, 15) is 13.2 Å². The normalized spacial score (nSPS) is 11.0. The number of sulfone groups is 1. The summed E-state index contributed by atoms with van der Waals surface area (Å²) in [6, 6.07) is 6.03. The van der Waals surface area contributed by atoms with Crippen LogP contribution >= 0.6 is 0 Å². The molecule has 25 heavy (non-hydrogen) atoms. The van der Waals surface area contributed by atoms with E-state index < -0.39 is 21.7 Å². The second-order valence-corrected chi connectivity index (χ2v) is 7.20. The minimum Gasteiger partial charge on any atom is -0.454 e. The standard InChI is InChI=1S/C16H18N4O4S/c1-3-10-7-13(24-11-5-4-6-19-9-11)14(25(2,22)23)8-12(10)15(21)20-16(17)18/h4-9H,3H2,1-2H3,(H4,17,18,20,21). The average molecular weight is 362 g/mol. The van der Waals surface area contributed by atoms with Gasteiger partial charge < -0.3 is 16.2 Å². The van der Waals surface area contributed by atoms with Gasteiger partial charge in [0.05, 0.1) is 6.20 Å². The Morgan fingerprint density at radius 3 is 2.56 bits per heavy atom. The van der Waals surface area contributed by atoms with Crippen LogP contribution in [-0.2, 0) is 16.3 Å². The van der Waals surface area contributed by atoms with Crippen molar-refractivity contribution < 1.29 is 17.9 Å². The molecule has 0 saturated carbocycles. The van der Waals surface area contributed by atoms with Crippen LogP contribution in [0.5, 0.6) is 11.5 Å². The molecule has 0 aliphatic rings. The summed E-state index contributed by atoms with van der Waals surface area (Å²) in [7, 11) is -3.67. The van der Waals surface area contributed by atoms with Crippen LogP contribution in [0.15, 0.2) is 46.5 Å². The summed E-state index contributed by atoms with van der Waals surface area (Å²) < 4.78 is 30.0. The first-order valence-corrected chi connectivity index (χ1v) is 9.20. The molecule has 0 aliphatic heterocycles. The predicted molar refractivity (Wildman–Crippen MR) is 93.4 cm³/mol. The van der Waals surface area contributed by atoms with Gasteiger partial charge in [-0.25, -0.2) is 8.42 Å². The average Bonchev–Trinajstić information content (AvgIpc) is 2.53. The maximum atomic E-state index is 12.2. The highest BCUT2D eigenvalue weighted by Gasteiger charge is 2.22. The Balaban J connectivity index is 2.64. The number of guanidine groups is 1. The molecule has 8 nitrogen and oxygen atoms in total. The first kappa shape index (κ1) is 18.4. The highest BCUT2D eigenvalue weighted by molar-refractivity contribution is 7.90. The third-order valence-electron chi connectivity index (χ3n) is 3.27. The molecule has 1 aromatic heterocycles. The number of pyridine rings is 1. The third-order valence-corrected chi connectivity index (χ3v) is 4.39. The summed E-state index contributed by atoms with van der Waals surface area (Å²) in [5.41, 5.74) is 11.1. The maximum absolute atomic E-state index is 12.2. The Morgan fingerprint density at radius 1 is 1.32 bits per heavy atom. The van der Waals surface area contributed by atoms with E-state index in [1.165, 1.54) is 18.3 Å². The molecular formula is C16H18N4O4S. The fraction of sp³-hybridized carbons (Fsp3) is 0.188. The van der Waals surface area contributed by atoms with Gasteiger partial charge in [-0.3, -0.25) is 9.78 Å². The van der Waals surface area contributed by atoms with Crippen LogP contribution in [0.4, 0.5) is 0 Å². The van der Waals surface area contributed by atoms with Crippen molar-refractivity contribution in [1.82, 2.24) is 4.98 Å². The number of carbonyl (C=O) groups is 1. The predicted octanol–water partition coefficient (Wildman–Crippen LogP) is 1.25. The summed E-state index contributed by atoms with van der Waals surface area (Å²) in [5.74, 6) is -0.635. The third kappa shape index (κ3) is 4.54. The Kier molecular flexibility index (Phi) is 5.38. The van der Waals surface area contributed by atoms with E-state index in [1.807, 2.05) is 6.92 Å². The van der Waals surface area contributed by atoms with Gasteiger partial charge in [0.15, 0.2) is 15.8 Å². The number of nitrogens with two attached hydrogens (primary N) is 2. The summed E-state index contributed by atoms with van der Waals surface area (Å²) in [4.78, 5) is 19.5. The van der Waals surface area contributed by atoms with E-state index >= 15 is 0 Å². The van der Waals surface area contributed by atoms with Crippen molar-refractivity contribution in [2.75, 3.05) is 6.26 Å². The number of nitrogens with zero attached hydrogens (tertiary/aromatic N) is 2. The number of hydrogen-bond donors (Lipinski definition) is 2. The van der Waals surface area contributed by atoms with E-state index in [-0.39, 0.29) is 16.2 Å². The molecule has 2 rings (SSSR count). The first-order valence-electron chi connectivity index (χ1n) is 7.31. The van der Waals surface area contributed by atoms with Gasteiger partial charge in [0.2, 0.25) is 0 Å². The molecule has 0 aliphatic carbocycles. The molecule has 0 atom stereocenters. The second kappa shape index (κ2) is 7.31. The van der Waals surface area contributed by atoms with Gasteiger partial charge in [0.25, 0.3) is 5.91 Å². The van der Waals surface area contributed by atoms with Crippen molar-refractivity contribution in [3.8, 4) is 11.5 Å². The summed E-state index contributed by atoms with van der Waals surface area (Å²) in [6.45, 7) is 1.82. The van der Waals surface area contributed by atoms with Gasteiger partial charge in [-0.1, -0.05) is 6.92 Å². The molecule has 0 unspecified atom stereocenters. The summed E-state index contributed by atoms with van der Waals surface area (Å²) in [5, 5.41) is 0. The summed E-state index contributed by atoms with van der Waals surface area (Å²) in [6.07, 6.45) is 4.50. The molecule has 0 fully saturated rings. The molecule has 0 spiro atoms. The Labute approximate surface area is 145 Å². The lowest BCUT2D eigenvalue weighted by atomic mass is 10.0. The fourth-order valence-electron chi connectivity index (χ4n) is 2.18. The van der Waals surface area contributed by atoms with Crippen LogP contribution in [0.1, 0.15) is 22.8 Å². The van der Waals surface area contributed by atoms with E-state index in [0.717, 1.165) is 6.26 Å². The molecule has 0 bridgehead atoms. The van der Waals surface area contributed by atoms with Crippen molar-refractivity contribution in [2.45, 2.75) is 18.2 Å². The highest BCUT2D eigenvalue weighted by Crippen LogP contribution is 2.32. The van der Waals surface area contributed by atoms with Crippen molar-refractivity contribution in [1.29, 1.82) is 0 Å². The minimum absolute atomic E-state index is 0.105. The van der Waals surface area contributed by atoms with Gasteiger partial charge in [-0.15, -0.1) is 0 Å². The van der Waals surface area contributed by atoms with Crippen LogP contribution in [0.2, 0.25) is 0 Å². The van der Waals surface area contributed by atoms with Crippen LogP contribution in [-0.4, -0.2) is 31.5 Å². The number of aliphatic imine (C=N–C) groups is 1. The number of carbonyl (C=O) groups excluding carboxylic acids is 1. The van der Waals surface area contributed by atoms with Gasteiger partial charge >= 0.3 is 0 Å². The molecular weight excluding hydrogens is 344 g/mol. The molecule has 0 saturated heterocycles. The monoisotopic (exact) mass is 362 g/mol. The Bertz CT molecular complexity index is 921. The van der Waals surface area contributed by atoms with E-state index in [2.05, 4.69) is 9.98 Å². The number of aromatic nitrogens is 1. The number of benzene rings is 1. The van der Waals surface area contributed by atoms with Crippen LogP contribution in [0.3, 0.4) is 0 Å². The van der Waals surface area contributed by atoms with Crippen molar-refractivity contribution >= 4 is 21.7 Å². The molecule has 9 heteroatoms. The van der Waals surface area contributed by atoms with Crippen LogP contribution < -0.4 is 16.2 Å². The molecule has 1 aromatic carbocycles. The fourth-order valence-corrected chi connectivity index (χ4v) is 2.97. The lowest BCUT2D eigenvalue weighted by Gasteiger charge is -2.14. The zero-order chi connectivity index (χ0) is 18.6. The number of rotatable bonds is 5. The minimum atomic E-state index is -3.67. The second-order valence-electron chi connectivity index (χ2n) is 5.21. The van der Waals surface area contributed by atoms with Crippen molar-refractivity contribution in [2.24, 2.45) is 16.5 Å². The van der Waals surface area contributed by atoms with Crippen LogP contribution in [0.25, 0.3) is 0 Å².